The first-order chi connectivity index (χ1) is 11.8. The van der Waals surface area contributed by atoms with Crippen molar-refractivity contribution in [1.82, 2.24) is 15.0 Å². The number of rotatable bonds is 3. The molecule has 0 amide bonds. The summed E-state index contributed by atoms with van der Waals surface area (Å²) in [5.74, 6) is 0.667. The van der Waals surface area contributed by atoms with E-state index in [0.717, 1.165) is 28.7 Å². The van der Waals surface area contributed by atoms with Crippen LogP contribution in [0.1, 0.15) is 16.8 Å². The molecule has 0 fully saturated rings. The normalized spacial score (nSPS) is 10.9. The average molecular weight is 311 g/mol. The Morgan fingerprint density at radius 3 is 2.54 bits per heavy atom. The maximum atomic E-state index is 4.76. The van der Waals surface area contributed by atoms with Gasteiger partial charge in [-0.3, -0.25) is 0 Å². The Kier molecular flexibility index (Phi) is 3.75. The van der Waals surface area contributed by atoms with Gasteiger partial charge in [0.15, 0.2) is 5.82 Å². The summed E-state index contributed by atoms with van der Waals surface area (Å²) in [7, 11) is 0. The van der Waals surface area contributed by atoms with Crippen molar-refractivity contribution in [3.63, 3.8) is 0 Å². The van der Waals surface area contributed by atoms with Crippen molar-refractivity contribution >= 4 is 10.9 Å². The Hall–Kier alpha value is -3.07. The second-order valence-electron chi connectivity index (χ2n) is 5.87. The number of pyridine rings is 1. The standard InChI is InChI=1S/C21H17N3/c1-15-7-2-3-8-16(15)13-18-10-6-12-20(23-18)21-22-14-17-9-4-5-11-19(17)24-21/h2-12,14H,13H2,1H3. The second-order valence-corrected chi connectivity index (χ2v) is 5.87. The van der Waals surface area contributed by atoms with Gasteiger partial charge in [-0.25, -0.2) is 15.0 Å². The minimum Gasteiger partial charge on any atom is -0.249 e. The van der Waals surface area contributed by atoms with Crippen LogP contribution in [0.4, 0.5) is 0 Å². The van der Waals surface area contributed by atoms with Crippen LogP contribution in [-0.2, 0) is 6.42 Å². The zero-order valence-corrected chi connectivity index (χ0v) is 13.5. The van der Waals surface area contributed by atoms with Gasteiger partial charge < -0.3 is 0 Å². The molecule has 4 aromatic rings. The largest absolute Gasteiger partial charge is 0.249 e. The summed E-state index contributed by atoms with van der Waals surface area (Å²) in [5.41, 5.74) is 5.35. The molecule has 0 radical (unpaired) electrons. The minimum absolute atomic E-state index is 0.667. The molecule has 0 aliphatic heterocycles. The van der Waals surface area contributed by atoms with Crippen molar-refractivity contribution in [1.29, 1.82) is 0 Å². The van der Waals surface area contributed by atoms with Gasteiger partial charge in [0, 0.05) is 23.7 Å². The van der Waals surface area contributed by atoms with Gasteiger partial charge in [0.25, 0.3) is 0 Å². The molecule has 116 valence electrons. The fourth-order valence-electron chi connectivity index (χ4n) is 2.80. The first kappa shape index (κ1) is 14.5. The molecule has 2 aromatic carbocycles. The summed E-state index contributed by atoms with van der Waals surface area (Å²) in [5, 5.41) is 1.04. The van der Waals surface area contributed by atoms with Crippen LogP contribution in [0.15, 0.2) is 72.9 Å². The lowest BCUT2D eigenvalue weighted by molar-refractivity contribution is 1.05. The van der Waals surface area contributed by atoms with E-state index >= 15 is 0 Å². The monoisotopic (exact) mass is 311 g/mol. The van der Waals surface area contributed by atoms with Gasteiger partial charge in [0.2, 0.25) is 0 Å². The van der Waals surface area contributed by atoms with E-state index in [1.807, 2.05) is 42.6 Å². The van der Waals surface area contributed by atoms with E-state index in [4.69, 9.17) is 4.98 Å². The van der Waals surface area contributed by atoms with Gasteiger partial charge in [-0.2, -0.15) is 0 Å². The van der Waals surface area contributed by atoms with Crippen molar-refractivity contribution < 1.29 is 0 Å². The van der Waals surface area contributed by atoms with Crippen LogP contribution in [0.25, 0.3) is 22.4 Å². The SMILES string of the molecule is Cc1ccccc1Cc1cccc(-c2ncc3ccccc3n2)n1. The lowest BCUT2D eigenvalue weighted by Crippen LogP contribution is -1.98. The molecule has 24 heavy (non-hydrogen) atoms. The number of aryl methyl sites for hydroxylation is 1. The molecule has 0 bridgehead atoms. The van der Waals surface area contributed by atoms with Gasteiger partial charge in [0.05, 0.1) is 5.52 Å². The maximum Gasteiger partial charge on any atom is 0.178 e. The molecule has 0 saturated carbocycles. The van der Waals surface area contributed by atoms with E-state index in [-0.39, 0.29) is 0 Å². The first-order valence-corrected chi connectivity index (χ1v) is 8.02. The van der Waals surface area contributed by atoms with Crippen molar-refractivity contribution in [3.8, 4) is 11.5 Å². The van der Waals surface area contributed by atoms with Crippen LogP contribution in [0.3, 0.4) is 0 Å². The Morgan fingerprint density at radius 1 is 0.792 bits per heavy atom. The number of hydrogen-bond donors (Lipinski definition) is 0. The van der Waals surface area contributed by atoms with Crippen molar-refractivity contribution in [3.05, 3.63) is 89.7 Å². The summed E-state index contributed by atoms with van der Waals surface area (Å²) in [4.78, 5) is 13.9. The van der Waals surface area contributed by atoms with Crippen LogP contribution in [0, 0.1) is 6.92 Å². The van der Waals surface area contributed by atoms with Crippen LogP contribution >= 0.6 is 0 Å². The van der Waals surface area contributed by atoms with Gasteiger partial charge >= 0.3 is 0 Å². The first-order valence-electron chi connectivity index (χ1n) is 8.02. The highest BCUT2D eigenvalue weighted by Gasteiger charge is 2.07. The van der Waals surface area contributed by atoms with E-state index in [9.17, 15) is 0 Å². The molecule has 3 nitrogen and oxygen atoms in total. The van der Waals surface area contributed by atoms with Crippen molar-refractivity contribution in [2.45, 2.75) is 13.3 Å². The molecule has 2 heterocycles. The highest BCUT2D eigenvalue weighted by molar-refractivity contribution is 5.79. The fourth-order valence-corrected chi connectivity index (χ4v) is 2.80. The van der Waals surface area contributed by atoms with Crippen LogP contribution in [-0.4, -0.2) is 15.0 Å². The molecule has 0 spiro atoms. The minimum atomic E-state index is 0.667. The smallest absolute Gasteiger partial charge is 0.178 e. The highest BCUT2D eigenvalue weighted by atomic mass is 14.9. The Balaban J connectivity index is 1.70. The van der Waals surface area contributed by atoms with Crippen molar-refractivity contribution in [2.75, 3.05) is 0 Å². The number of aromatic nitrogens is 3. The van der Waals surface area contributed by atoms with E-state index in [0.29, 0.717) is 5.82 Å². The van der Waals surface area contributed by atoms with E-state index in [1.165, 1.54) is 11.1 Å². The quantitative estimate of drug-likeness (QED) is 0.555. The fraction of sp³-hybridized carbons (Fsp3) is 0.0952. The predicted molar refractivity (Wildman–Crippen MR) is 96.8 cm³/mol. The summed E-state index contributed by atoms with van der Waals surface area (Å²) < 4.78 is 0. The van der Waals surface area contributed by atoms with Gasteiger partial charge in [0.1, 0.15) is 5.69 Å². The third kappa shape index (κ3) is 2.88. The average Bonchev–Trinajstić information content (AvgIpc) is 2.63. The van der Waals surface area contributed by atoms with Gasteiger partial charge in [-0.05, 0) is 36.2 Å². The number of nitrogens with zero attached hydrogens (tertiary/aromatic N) is 3. The molecule has 0 atom stereocenters. The Labute approximate surface area is 141 Å². The van der Waals surface area contributed by atoms with E-state index < -0.39 is 0 Å². The second kappa shape index (κ2) is 6.20. The number of fused-ring (bicyclic) bond motifs is 1. The molecule has 0 N–H and O–H groups in total. The lowest BCUT2D eigenvalue weighted by Gasteiger charge is -2.07. The summed E-state index contributed by atoms with van der Waals surface area (Å²) in [6, 6.07) is 22.4. The van der Waals surface area contributed by atoms with E-state index in [2.05, 4.69) is 47.2 Å². The molecule has 3 heteroatoms. The third-order valence-corrected chi connectivity index (χ3v) is 4.16. The zero-order valence-electron chi connectivity index (χ0n) is 13.5. The van der Waals surface area contributed by atoms with Crippen molar-refractivity contribution in [2.24, 2.45) is 0 Å². The molecular formula is C21H17N3. The van der Waals surface area contributed by atoms with Gasteiger partial charge in [-0.1, -0.05) is 48.5 Å². The molecular weight excluding hydrogens is 294 g/mol. The maximum absolute atomic E-state index is 4.76. The van der Waals surface area contributed by atoms with Crippen LogP contribution in [0.5, 0.6) is 0 Å². The number of benzene rings is 2. The molecule has 0 aliphatic rings. The van der Waals surface area contributed by atoms with Crippen LogP contribution < -0.4 is 0 Å². The Bertz CT molecular complexity index is 1010. The van der Waals surface area contributed by atoms with Crippen LogP contribution in [0.2, 0.25) is 0 Å². The summed E-state index contributed by atoms with van der Waals surface area (Å²) >= 11 is 0. The summed E-state index contributed by atoms with van der Waals surface area (Å²) in [6.45, 7) is 2.13. The highest BCUT2D eigenvalue weighted by Crippen LogP contribution is 2.18. The molecule has 0 unspecified atom stereocenters. The zero-order chi connectivity index (χ0) is 16.4. The number of hydrogen-bond acceptors (Lipinski definition) is 3. The third-order valence-electron chi connectivity index (χ3n) is 4.16. The topological polar surface area (TPSA) is 38.7 Å². The van der Waals surface area contributed by atoms with Gasteiger partial charge in [-0.15, -0.1) is 0 Å². The predicted octanol–water partition coefficient (Wildman–Crippen LogP) is 4.59. The molecule has 4 rings (SSSR count). The lowest BCUT2D eigenvalue weighted by atomic mass is 10.0. The molecule has 0 aliphatic carbocycles. The Morgan fingerprint density at radius 2 is 1.62 bits per heavy atom. The number of para-hydroxylation sites is 1. The summed E-state index contributed by atoms with van der Waals surface area (Å²) in [6.07, 6.45) is 2.67. The molecule has 0 saturated heterocycles. The molecule has 2 aromatic heterocycles. The van der Waals surface area contributed by atoms with E-state index in [1.54, 1.807) is 0 Å².